The van der Waals surface area contributed by atoms with Gasteiger partial charge in [0.25, 0.3) is 0 Å². The predicted octanol–water partition coefficient (Wildman–Crippen LogP) is 3.86. The third-order valence-electron chi connectivity index (χ3n) is 7.97. The van der Waals surface area contributed by atoms with E-state index >= 15 is 0 Å². The lowest BCUT2D eigenvalue weighted by Gasteiger charge is -2.39. The normalized spacial score (nSPS) is 19.2. The average Bonchev–Trinajstić information content (AvgIpc) is 3.57. The van der Waals surface area contributed by atoms with E-state index in [0.29, 0.717) is 50.4 Å². The number of hydrogen-bond donors (Lipinski definition) is 3. The van der Waals surface area contributed by atoms with Gasteiger partial charge < -0.3 is 25.8 Å². The van der Waals surface area contributed by atoms with Crippen LogP contribution in [0, 0.1) is 12.3 Å². The van der Waals surface area contributed by atoms with Crippen LogP contribution in [0.4, 0.5) is 24.9 Å². The molecule has 4 N–H and O–H groups in total. The van der Waals surface area contributed by atoms with Crippen molar-refractivity contribution in [2.24, 2.45) is 5.41 Å². The zero-order valence-corrected chi connectivity index (χ0v) is 23.2. The molecule has 14 heteroatoms. The number of alkyl halides is 3. The number of carboxylic acids is 1. The number of nitrogens with two attached hydrogens (primary N) is 1. The summed E-state index contributed by atoms with van der Waals surface area (Å²) in [5, 5.41) is 16.7. The van der Waals surface area contributed by atoms with E-state index in [-0.39, 0.29) is 46.3 Å². The van der Waals surface area contributed by atoms with E-state index in [1.807, 2.05) is 4.90 Å². The van der Waals surface area contributed by atoms with Crippen LogP contribution < -0.4 is 20.7 Å². The van der Waals surface area contributed by atoms with Crippen LogP contribution in [-0.4, -0.2) is 68.5 Å². The number of nitrogens with zero attached hydrogens (tertiary/aromatic N) is 5. The van der Waals surface area contributed by atoms with Crippen molar-refractivity contribution in [3.05, 3.63) is 53.3 Å². The number of nitrogen functional groups attached to an aromatic ring is 1. The van der Waals surface area contributed by atoms with E-state index in [2.05, 4.69) is 20.4 Å². The third kappa shape index (κ3) is 6.03. The Kier molecular flexibility index (Phi) is 7.84. The van der Waals surface area contributed by atoms with Gasteiger partial charge in [-0.05, 0) is 43.7 Å². The molecule has 4 heterocycles. The number of rotatable bonds is 8. The van der Waals surface area contributed by atoms with Gasteiger partial charge in [0.15, 0.2) is 5.78 Å². The number of aromatic nitrogens is 4. The lowest BCUT2D eigenvalue weighted by atomic mass is 9.76. The summed E-state index contributed by atoms with van der Waals surface area (Å²) in [6.45, 7) is 5.00. The molecule has 0 saturated carbocycles. The first-order valence-electron chi connectivity index (χ1n) is 13.7. The second-order valence-electron chi connectivity index (χ2n) is 10.9. The fourth-order valence-electron chi connectivity index (χ4n) is 5.65. The SMILES string of the molecule is CCC(=O)c1ccc([C@@H](Oc2cc(N3CCC4(CC3)CN[C@H](C(=O)O)C4)nc(N)n2)C(F)(F)F)c(-n2ccc(C)n2)c1. The van der Waals surface area contributed by atoms with E-state index in [9.17, 15) is 27.9 Å². The summed E-state index contributed by atoms with van der Waals surface area (Å²) in [5.74, 6) is -1.38. The van der Waals surface area contributed by atoms with Crippen molar-refractivity contribution in [3.8, 4) is 11.6 Å². The molecule has 0 aliphatic carbocycles. The summed E-state index contributed by atoms with van der Waals surface area (Å²) in [4.78, 5) is 33.8. The van der Waals surface area contributed by atoms with Gasteiger partial charge in [0, 0.05) is 49.4 Å². The largest absolute Gasteiger partial charge is 0.480 e. The number of ketones is 1. The molecular formula is C28H32F3N7O4. The number of ether oxygens (including phenoxy) is 1. The maximum atomic E-state index is 14.6. The van der Waals surface area contributed by atoms with E-state index in [0.717, 1.165) is 0 Å². The highest BCUT2D eigenvalue weighted by Crippen LogP contribution is 2.42. The Bertz CT molecular complexity index is 1480. The number of aliphatic carboxylic acids is 1. The topological polar surface area (TPSA) is 148 Å². The standard InChI is InChI=1S/C28H32F3N7O4/c1-3-21(39)17-4-5-18(20(12-17)38-9-6-16(2)36-38)24(28(29,30)31)42-23-13-22(34-26(32)35-23)37-10-7-27(8-11-37)14-19(25(40)41)33-15-27/h4-6,9,12-13,19,24,33H,3,7-8,10-11,14-15H2,1-2H3,(H,40,41)(H2,32,34,35)/t19-,24+/m0/s1. The van der Waals surface area contributed by atoms with Crippen LogP contribution in [-0.2, 0) is 4.79 Å². The van der Waals surface area contributed by atoms with Crippen molar-refractivity contribution >= 4 is 23.5 Å². The number of benzene rings is 1. The Balaban J connectivity index is 1.43. The molecular weight excluding hydrogens is 555 g/mol. The van der Waals surface area contributed by atoms with Gasteiger partial charge >= 0.3 is 12.1 Å². The number of halogens is 3. The van der Waals surface area contributed by atoms with Crippen LogP contribution in [0.25, 0.3) is 5.69 Å². The molecule has 5 rings (SSSR count). The number of carbonyl (C=O) groups excluding carboxylic acids is 1. The molecule has 2 aromatic heterocycles. The van der Waals surface area contributed by atoms with E-state index in [4.69, 9.17) is 10.5 Å². The van der Waals surface area contributed by atoms with Gasteiger partial charge in [-0.15, -0.1) is 0 Å². The average molecular weight is 588 g/mol. The second-order valence-corrected chi connectivity index (χ2v) is 10.9. The van der Waals surface area contributed by atoms with Crippen molar-refractivity contribution in [1.29, 1.82) is 0 Å². The molecule has 2 aliphatic rings. The monoisotopic (exact) mass is 587 g/mol. The van der Waals surface area contributed by atoms with E-state index in [1.54, 1.807) is 19.9 Å². The molecule has 0 unspecified atom stereocenters. The van der Waals surface area contributed by atoms with Crippen LogP contribution in [0.15, 0.2) is 36.5 Å². The number of carboxylic acid groups (broad SMARTS) is 1. The van der Waals surface area contributed by atoms with Gasteiger partial charge in [-0.25, -0.2) is 4.68 Å². The van der Waals surface area contributed by atoms with E-state index < -0.39 is 24.3 Å². The van der Waals surface area contributed by atoms with Crippen molar-refractivity contribution < 1.29 is 32.6 Å². The fraction of sp³-hybridized carbons (Fsp3) is 0.464. The first-order chi connectivity index (χ1) is 19.9. The lowest BCUT2D eigenvalue weighted by molar-refractivity contribution is -0.198. The van der Waals surface area contributed by atoms with Crippen molar-refractivity contribution in [2.75, 3.05) is 30.3 Å². The van der Waals surface area contributed by atoms with Crippen LogP contribution in [0.3, 0.4) is 0 Å². The summed E-state index contributed by atoms with van der Waals surface area (Å²) in [7, 11) is 0. The van der Waals surface area contributed by atoms with Gasteiger partial charge in [0.05, 0.1) is 11.4 Å². The molecule has 2 atom stereocenters. The number of anilines is 2. The second kappa shape index (κ2) is 11.2. The lowest BCUT2D eigenvalue weighted by Crippen LogP contribution is -2.41. The third-order valence-corrected chi connectivity index (χ3v) is 7.97. The molecule has 0 radical (unpaired) electrons. The minimum absolute atomic E-state index is 0.0538. The minimum Gasteiger partial charge on any atom is -0.480 e. The first kappa shape index (κ1) is 29.3. The molecule has 1 aromatic carbocycles. The van der Waals surface area contributed by atoms with Crippen molar-refractivity contribution in [3.63, 3.8) is 0 Å². The highest BCUT2D eigenvalue weighted by molar-refractivity contribution is 5.96. The Labute approximate surface area is 239 Å². The number of carbonyl (C=O) groups is 2. The molecule has 3 aromatic rings. The Morgan fingerprint density at radius 2 is 1.95 bits per heavy atom. The van der Waals surface area contributed by atoms with Gasteiger partial charge in [-0.3, -0.25) is 9.59 Å². The van der Waals surface area contributed by atoms with Crippen molar-refractivity contribution in [1.82, 2.24) is 25.1 Å². The fourth-order valence-corrected chi connectivity index (χ4v) is 5.65. The molecule has 0 amide bonds. The first-order valence-corrected chi connectivity index (χ1v) is 13.7. The maximum absolute atomic E-state index is 14.6. The highest BCUT2D eigenvalue weighted by atomic mass is 19.4. The highest BCUT2D eigenvalue weighted by Gasteiger charge is 2.46. The quantitative estimate of drug-likeness (QED) is 0.332. The van der Waals surface area contributed by atoms with Gasteiger partial charge in [0.2, 0.25) is 17.9 Å². The Morgan fingerprint density at radius 3 is 2.55 bits per heavy atom. The smallest absolute Gasteiger partial charge is 0.429 e. The minimum atomic E-state index is -4.86. The molecule has 11 nitrogen and oxygen atoms in total. The summed E-state index contributed by atoms with van der Waals surface area (Å²) in [6, 6.07) is 6.33. The van der Waals surface area contributed by atoms with Crippen LogP contribution >= 0.6 is 0 Å². The summed E-state index contributed by atoms with van der Waals surface area (Å²) in [6.07, 6.45) is -3.72. The zero-order valence-electron chi connectivity index (χ0n) is 23.2. The number of Topliss-reactive ketones (excluding diaryl/α,β-unsaturated/α-hetero) is 1. The Hall–Kier alpha value is -4.20. The summed E-state index contributed by atoms with van der Waals surface area (Å²) < 4.78 is 50.5. The van der Waals surface area contributed by atoms with Crippen LogP contribution in [0.5, 0.6) is 5.88 Å². The summed E-state index contributed by atoms with van der Waals surface area (Å²) >= 11 is 0. The van der Waals surface area contributed by atoms with E-state index in [1.165, 1.54) is 35.1 Å². The molecule has 2 fully saturated rings. The van der Waals surface area contributed by atoms with Crippen LogP contribution in [0.1, 0.15) is 60.3 Å². The molecule has 2 aliphatic heterocycles. The van der Waals surface area contributed by atoms with Crippen molar-refractivity contribution in [2.45, 2.75) is 57.9 Å². The number of aryl methyl sites for hydroxylation is 1. The number of hydrogen-bond acceptors (Lipinski definition) is 9. The maximum Gasteiger partial charge on any atom is 0.429 e. The predicted molar refractivity (Wildman–Crippen MR) is 147 cm³/mol. The van der Waals surface area contributed by atoms with Gasteiger partial charge in [-0.2, -0.15) is 28.2 Å². The zero-order chi connectivity index (χ0) is 30.2. The van der Waals surface area contributed by atoms with Crippen LogP contribution in [0.2, 0.25) is 0 Å². The number of piperidine rings is 1. The molecule has 0 bridgehead atoms. The van der Waals surface area contributed by atoms with Gasteiger partial charge in [0.1, 0.15) is 11.9 Å². The Morgan fingerprint density at radius 1 is 1.21 bits per heavy atom. The number of nitrogens with one attached hydrogen (secondary N) is 1. The molecule has 1 spiro atoms. The van der Waals surface area contributed by atoms with Gasteiger partial charge in [-0.1, -0.05) is 19.1 Å². The molecule has 2 saturated heterocycles. The molecule has 224 valence electrons. The summed E-state index contributed by atoms with van der Waals surface area (Å²) in [5.41, 5.74) is 6.40. The molecule has 42 heavy (non-hydrogen) atoms.